The van der Waals surface area contributed by atoms with E-state index in [1.807, 2.05) is 52.0 Å². The van der Waals surface area contributed by atoms with Gasteiger partial charge < -0.3 is 39.7 Å². The van der Waals surface area contributed by atoms with E-state index in [9.17, 15) is 28.8 Å². The van der Waals surface area contributed by atoms with Crippen LogP contribution in [0.3, 0.4) is 0 Å². The molecule has 444 valence electrons. The summed E-state index contributed by atoms with van der Waals surface area (Å²) in [5.74, 6) is 0.234. The van der Waals surface area contributed by atoms with Crippen molar-refractivity contribution in [3.63, 3.8) is 0 Å². The summed E-state index contributed by atoms with van der Waals surface area (Å²) in [6, 6.07) is 20.6. The quantitative estimate of drug-likeness (QED) is 0.103. The number of nitrogens with zero attached hydrogens (tertiary/aromatic N) is 9. The summed E-state index contributed by atoms with van der Waals surface area (Å²) in [4.78, 5) is 98.6. The van der Waals surface area contributed by atoms with Gasteiger partial charge in [-0.2, -0.15) is 10.1 Å². The van der Waals surface area contributed by atoms with Gasteiger partial charge in [-0.25, -0.2) is 14.5 Å². The Kier molecular flexibility index (Phi) is 21.6. The molecule has 0 bridgehead atoms. The fourth-order valence-corrected chi connectivity index (χ4v) is 12.1. The van der Waals surface area contributed by atoms with E-state index in [-0.39, 0.29) is 46.7 Å². The van der Waals surface area contributed by atoms with Crippen LogP contribution in [0.5, 0.6) is 11.9 Å². The number of carbonyl (C=O) groups excluding carboxylic acids is 5. The second-order valence-electron chi connectivity index (χ2n) is 22.4. The van der Waals surface area contributed by atoms with Gasteiger partial charge in [0.15, 0.2) is 0 Å². The first-order valence-electron chi connectivity index (χ1n) is 29.9. The first kappa shape index (κ1) is 60.2. The summed E-state index contributed by atoms with van der Waals surface area (Å²) in [5.41, 5.74) is 2.43. The number of halogens is 1. The lowest BCUT2D eigenvalue weighted by atomic mass is 9.83. The van der Waals surface area contributed by atoms with Crippen molar-refractivity contribution < 1.29 is 37.8 Å². The zero-order valence-corrected chi connectivity index (χ0v) is 48.2. The van der Waals surface area contributed by atoms with Gasteiger partial charge in [-0.3, -0.25) is 38.6 Å². The third-order valence-corrected chi connectivity index (χ3v) is 16.9. The second kappa shape index (κ2) is 29.8. The molecule has 6 heterocycles. The predicted octanol–water partition coefficient (Wildman–Crippen LogP) is 5.16. The van der Waals surface area contributed by atoms with Crippen LogP contribution >= 0.6 is 0 Å². The largest absolute Gasteiger partial charge is 0.478 e. The fraction of sp³-hybridized carbons (Fsp3) is 0.532. The number of piperidine rings is 2. The molecule has 10 rings (SSSR count). The highest BCUT2D eigenvalue weighted by Gasteiger charge is 2.36. The maximum Gasteiger partial charge on any atom is 0.319 e. The first-order valence-corrected chi connectivity index (χ1v) is 29.9. The molecule has 1 atom stereocenters. The third kappa shape index (κ3) is 16.3. The number of methoxy groups -OCH3 is 1. The number of benzene rings is 3. The number of fused-ring (bicyclic) bond motifs is 1. The van der Waals surface area contributed by atoms with Crippen molar-refractivity contribution in [3.05, 3.63) is 123 Å². The molecule has 1 unspecified atom stereocenters. The van der Waals surface area contributed by atoms with E-state index < -0.39 is 17.8 Å². The molecule has 21 heteroatoms. The number of hydrogen-bond donors (Lipinski definition) is 3. The van der Waals surface area contributed by atoms with Gasteiger partial charge in [0.05, 0.1) is 43.4 Å². The lowest BCUT2D eigenvalue weighted by Gasteiger charge is -2.41. The van der Waals surface area contributed by atoms with Crippen LogP contribution in [0.15, 0.2) is 83.8 Å². The third-order valence-electron chi connectivity index (χ3n) is 16.9. The molecule has 5 fully saturated rings. The summed E-state index contributed by atoms with van der Waals surface area (Å²) >= 11 is 0. The van der Waals surface area contributed by atoms with Gasteiger partial charge in [0, 0.05) is 108 Å². The molecule has 20 nitrogen and oxygen atoms in total. The number of carbonyl (C=O) groups is 5. The number of aromatic amines is 1. The molecule has 1 aliphatic carbocycles. The van der Waals surface area contributed by atoms with Gasteiger partial charge in [-0.1, -0.05) is 61.7 Å². The van der Waals surface area contributed by atoms with Crippen LogP contribution < -0.4 is 25.7 Å². The summed E-state index contributed by atoms with van der Waals surface area (Å²) in [5, 5.41) is 14.3. The van der Waals surface area contributed by atoms with Gasteiger partial charge in [-0.05, 0) is 113 Å². The van der Waals surface area contributed by atoms with Crippen molar-refractivity contribution in [3.8, 4) is 11.9 Å². The van der Waals surface area contributed by atoms with Crippen molar-refractivity contribution in [2.45, 2.75) is 90.1 Å². The van der Waals surface area contributed by atoms with E-state index in [2.05, 4.69) is 40.6 Å². The summed E-state index contributed by atoms with van der Waals surface area (Å²) in [6.45, 7) is 12.3. The molecular formula is C62H81FN12O8. The molecule has 5 amide bonds. The normalized spacial score (nSPS) is 18.0. The van der Waals surface area contributed by atoms with Crippen molar-refractivity contribution in [1.82, 2.24) is 60.2 Å². The maximum absolute atomic E-state index is 15.0. The molecule has 83 heavy (non-hydrogen) atoms. The standard InChI is InChI=1S/C47H57FN8O5.C15H24N4O3/c48-40-16-15-34(30-41-37-13-7-8-14-38(37)45(59)51-50-41)29-39(40)46(60)55-27-25-54(26-28-55)42(57)32-52-19-17-33(18-20-52)31-53-21-23-56(24-22-53)47(61)43(35-9-3-1-4-10-35)49-44(58)36-11-5-2-6-12-36;1-3-22-14-12(10-17-15(18-14)21-2)9-16-11-13(20)19-7-5-4-6-8-19/h2,5-8,11-16,29,33,35,43H,1,3-4,9-10,17-28,30-32H2,(H,49,58)(H,51,59);10,16H,3-9,11H2,1-2H3. The smallest absolute Gasteiger partial charge is 0.319 e. The minimum Gasteiger partial charge on any atom is -0.478 e. The van der Waals surface area contributed by atoms with E-state index in [0.717, 1.165) is 103 Å². The van der Waals surface area contributed by atoms with Crippen LogP contribution in [0.4, 0.5) is 4.39 Å². The topological polar surface area (TPSA) is 219 Å². The lowest BCUT2D eigenvalue weighted by Crippen LogP contribution is -2.57. The zero-order valence-electron chi connectivity index (χ0n) is 48.2. The Bertz CT molecular complexity index is 3040. The average Bonchev–Trinajstić information content (AvgIpc) is 3.71. The monoisotopic (exact) mass is 1140 g/mol. The molecule has 3 aromatic carbocycles. The molecule has 3 N–H and O–H groups in total. The number of piperazine rings is 2. The second-order valence-corrected chi connectivity index (χ2v) is 22.4. The Morgan fingerprint density at radius 3 is 2.10 bits per heavy atom. The molecule has 0 spiro atoms. The number of hydrogen-bond acceptors (Lipinski definition) is 14. The van der Waals surface area contributed by atoms with E-state index in [0.29, 0.717) is 111 Å². The Hall–Kier alpha value is -7.36. The van der Waals surface area contributed by atoms with Crippen LogP contribution in [0, 0.1) is 17.7 Å². The Balaban J connectivity index is 0.000000316. The fourth-order valence-electron chi connectivity index (χ4n) is 12.1. The van der Waals surface area contributed by atoms with Gasteiger partial charge >= 0.3 is 6.01 Å². The molecular weight excluding hydrogens is 1060 g/mol. The Morgan fingerprint density at radius 2 is 1.39 bits per heavy atom. The van der Waals surface area contributed by atoms with Crippen molar-refractivity contribution in [2.75, 3.05) is 112 Å². The van der Waals surface area contributed by atoms with Crippen LogP contribution in [0.25, 0.3) is 10.8 Å². The number of ether oxygens (including phenoxy) is 2. The molecule has 4 saturated heterocycles. The van der Waals surface area contributed by atoms with Crippen LogP contribution in [-0.2, 0) is 27.3 Å². The Morgan fingerprint density at radius 1 is 0.723 bits per heavy atom. The summed E-state index contributed by atoms with van der Waals surface area (Å²) in [6.07, 6.45) is 12.7. The average molecular weight is 1140 g/mol. The summed E-state index contributed by atoms with van der Waals surface area (Å²) in [7, 11) is 1.51. The van der Waals surface area contributed by atoms with Gasteiger partial charge in [0.2, 0.25) is 23.6 Å². The minimum atomic E-state index is -0.600. The Labute approximate surface area is 485 Å². The lowest BCUT2D eigenvalue weighted by molar-refractivity contribution is -0.137. The maximum atomic E-state index is 15.0. The van der Waals surface area contributed by atoms with Gasteiger partial charge in [0.1, 0.15) is 11.9 Å². The van der Waals surface area contributed by atoms with Crippen molar-refractivity contribution >= 4 is 40.3 Å². The SMILES string of the molecule is CCOc1nc(OC)ncc1CNCC(=O)N1CCCCC1.O=C(NC(C(=O)N1CCN(CC2CCN(CC(=O)N3CCN(C(=O)c4cc(Cc5n[nH]c(=O)c6ccccc56)ccc4F)CC3)CC2)CC1)C1CCCCC1)c1ccccc1. The predicted molar refractivity (Wildman–Crippen MR) is 312 cm³/mol. The molecule has 0 radical (unpaired) electrons. The number of H-pyrrole nitrogens is 1. The number of likely N-dealkylation sites (tertiary alicyclic amines) is 2. The number of rotatable bonds is 18. The van der Waals surface area contributed by atoms with Crippen LogP contribution in [0.2, 0.25) is 0 Å². The number of amides is 5. The van der Waals surface area contributed by atoms with E-state index in [1.165, 1.54) is 26.0 Å². The van der Waals surface area contributed by atoms with E-state index >= 15 is 4.39 Å². The molecule has 1 saturated carbocycles. The molecule has 5 aromatic rings. The molecule has 5 aliphatic rings. The highest BCUT2D eigenvalue weighted by atomic mass is 19.1. The van der Waals surface area contributed by atoms with Crippen LogP contribution in [-0.4, -0.2) is 197 Å². The first-order chi connectivity index (χ1) is 40.4. The number of aromatic nitrogens is 4. The van der Waals surface area contributed by atoms with Gasteiger partial charge in [0.25, 0.3) is 17.4 Å². The van der Waals surface area contributed by atoms with E-state index in [1.54, 1.807) is 47.5 Å². The zero-order chi connectivity index (χ0) is 58.1. The van der Waals surface area contributed by atoms with Gasteiger partial charge in [-0.15, -0.1) is 0 Å². The number of nitrogens with one attached hydrogen (secondary N) is 3. The summed E-state index contributed by atoms with van der Waals surface area (Å²) < 4.78 is 25.5. The van der Waals surface area contributed by atoms with Crippen molar-refractivity contribution in [2.24, 2.45) is 11.8 Å². The highest BCUT2D eigenvalue weighted by Crippen LogP contribution is 2.29. The highest BCUT2D eigenvalue weighted by molar-refractivity contribution is 5.98. The molecule has 4 aliphatic heterocycles. The van der Waals surface area contributed by atoms with E-state index in [4.69, 9.17) is 9.47 Å². The minimum absolute atomic E-state index is 0.0166. The van der Waals surface area contributed by atoms with Crippen molar-refractivity contribution in [1.29, 1.82) is 0 Å². The molecule has 2 aromatic heterocycles. The van der Waals surface area contributed by atoms with Crippen LogP contribution in [0.1, 0.15) is 109 Å².